The first-order chi connectivity index (χ1) is 7.95. The van der Waals surface area contributed by atoms with E-state index < -0.39 is 0 Å². The van der Waals surface area contributed by atoms with E-state index in [1.54, 1.807) is 0 Å². The molecule has 0 aliphatic heterocycles. The van der Waals surface area contributed by atoms with Crippen molar-refractivity contribution in [2.24, 2.45) is 0 Å². The van der Waals surface area contributed by atoms with E-state index in [1.807, 2.05) is 36.5 Å². The number of hydrogen-bond acceptors (Lipinski definition) is 1. The summed E-state index contributed by atoms with van der Waals surface area (Å²) in [6.45, 7) is 0. The summed E-state index contributed by atoms with van der Waals surface area (Å²) in [6.07, 6.45) is 3.87. The molecule has 0 unspecified atom stereocenters. The summed E-state index contributed by atoms with van der Waals surface area (Å²) in [6, 6.07) is 18.3. The number of fused-ring (bicyclic) bond motifs is 1. The minimum absolute atomic E-state index is 0. The summed E-state index contributed by atoms with van der Waals surface area (Å²) < 4.78 is 2.14. The number of pyridine rings is 3. The Morgan fingerprint density at radius 2 is 1.65 bits per heavy atom. The van der Waals surface area contributed by atoms with Crippen molar-refractivity contribution in [3.8, 4) is 11.4 Å². The van der Waals surface area contributed by atoms with Crippen molar-refractivity contribution in [3.05, 3.63) is 67.0 Å². The minimum Gasteiger partial charge on any atom is -1.00 e. The Morgan fingerprint density at radius 1 is 0.824 bits per heavy atom. The van der Waals surface area contributed by atoms with Crippen molar-refractivity contribution in [2.45, 2.75) is 0 Å². The van der Waals surface area contributed by atoms with Gasteiger partial charge in [-0.25, -0.2) is 4.98 Å². The Morgan fingerprint density at radius 3 is 2.47 bits per heavy atom. The molecule has 3 heteroatoms. The van der Waals surface area contributed by atoms with E-state index in [-0.39, 0.29) is 17.0 Å². The molecule has 3 aromatic rings. The first kappa shape index (κ1) is 11.7. The van der Waals surface area contributed by atoms with E-state index >= 15 is 0 Å². The standard InChI is InChI=1S/C14H11N2.BrH/c1-3-10-15-13(8-1)14-9-5-7-12-6-2-4-11-16(12)14;/h1-11H;1H/q+1;/p-1. The lowest BCUT2D eigenvalue weighted by atomic mass is 10.2. The zero-order valence-corrected chi connectivity index (χ0v) is 10.7. The highest BCUT2D eigenvalue weighted by molar-refractivity contribution is 5.53. The molecular weight excluding hydrogens is 276 g/mol. The molecule has 0 saturated heterocycles. The maximum Gasteiger partial charge on any atom is 0.236 e. The van der Waals surface area contributed by atoms with Crippen molar-refractivity contribution in [3.63, 3.8) is 0 Å². The molecule has 0 spiro atoms. The maximum atomic E-state index is 4.38. The number of nitrogens with zero attached hydrogens (tertiary/aromatic N) is 2. The molecule has 0 bridgehead atoms. The van der Waals surface area contributed by atoms with Crippen LogP contribution in [0.5, 0.6) is 0 Å². The molecule has 0 atom stereocenters. The number of aromatic nitrogens is 2. The van der Waals surface area contributed by atoms with Gasteiger partial charge in [0.25, 0.3) is 0 Å². The van der Waals surface area contributed by atoms with E-state index in [1.165, 1.54) is 5.52 Å². The normalized spacial score (nSPS) is 9.88. The van der Waals surface area contributed by atoms with Gasteiger partial charge in [0.1, 0.15) is 5.69 Å². The molecule has 0 N–H and O–H groups in total. The van der Waals surface area contributed by atoms with Crippen LogP contribution in [-0.4, -0.2) is 4.98 Å². The summed E-state index contributed by atoms with van der Waals surface area (Å²) in [7, 11) is 0. The Hall–Kier alpha value is -1.74. The highest BCUT2D eigenvalue weighted by Crippen LogP contribution is 2.12. The van der Waals surface area contributed by atoms with Gasteiger partial charge in [0.05, 0.1) is 0 Å². The molecule has 0 aliphatic rings. The zero-order valence-electron chi connectivity index (χ0n) is 9.12. The van der Waals surface area contributed by atoms with Crippen molar-refractivity contribution in [1.82, 2.24) is 4.98 Å². The third kappa shape index (κ3) is 2.19. The monoisotopic (exact) mass is 286 g/mol. The third-order valence-corrected chi connectivity index (χ3v) is 2.60. The average Bonchev–Trinajstić information content (AvgIpc) is 2.39. The quantitative estimate of drug-likeness (QED) is 0.551. The van der Waals surface area contributed by atoms with Gasteiger partial charge in [-0.15, -0.1) is 0 Å². The van der Waals surface area contributed by atoms with Gasteiger partial charge in [0, 0.05) is 30.5 Å². The predicted molar refractivity (Wildman–Crippen MR) is 62.8 cm³/mol. The van der Waals surface area contributed by atoms with Crippen LogP contribution in [0.3, 0.4) is 0 Å². The first-order valence-electron chi connectivity index (χ1n) is 5.26. The van der Waals surface area contributed by atoms with Crippen LogP contribution < -0.4 is 21.4 Å². The van der Waals surface area contributed by atoms with E-state index in [2.05, 4.69) is 39.8 Å². The third-order valence-electron chi connectivity index (χ3n) is 2.60. The Kier molecular flexibility index (Phi) is 3.49. The molecule has 0 saturated carbocycles. The molecule has 3 heterocycles. The van der Waals surface area contributed by atoms with Crippen LogP contribution in [0.15, 0.2) is 67.0 Å². The van der Waals surface area contributed by atoms with Crippen molar-refractivity contribution < 1.29 is 21.4 Å². The van der Waals surface area contributed by atoms with Gasteiger partial charge in [-0.1, -0.05) is 6.07 Å². The van der Waals surface area contributed by atoms with Gasteiger partial charge >= 0.3 is 0 Å². The summed E-state index contributed by atoms with van der Waals surface area (Å²) in [5.41, 5.74) is 3.27. The Bertz CT molecular complexity index is 618. The fraction of sp³-hybridized carbons (Fsp3) is 0. The number of rotatable bonds is 1. The zero-order chi connectivity index (χ0) is 10.8. The van der Waals surface area contributed by atoms with E-state index in [0.29, 0.717) is 0 Å². The second kappa shape index (κ2) is 5.06. The van der Waals surface area contributed by atoms with Crippen molar-refractivity contribution in [2.75, 3.05) is 0 Å². The van der Waals surface area contributed by atoms with E-state index in [9.17, 15) is 0 Å². The summed E-state index contributed by atoms with van der Waals surface area (Å²) in [5.74, 6) is 0. The molecule has 17 heavy (non-hydrogen) atoms. The second-order valence-corrected chi connectivity index (χ2v) is 3.62. The van der Waals surface area contributed by atoms with Crippen LogP contribution in [0.1, 0.15) is 0 Å². The van der Waals surface area contributed by atoms with Crippen molar-refractivity contribution in [1.29, 1.82) is 0 Å². The van der Waals surface area contributed by atoms with Crippen LogP contribution in [0.2, 0.25) is 0 Å². The van der Waals surface area contributed by atoms with Gasteiger partial charge in [-0.2, -0.15) is 4.40 Å². The SMILES string of the molecule is [Br-].c1ccc(-c2cccc3cccc[n+]23)nc1. The van der Waals surface area contributed by atoms with Gasteiger partial charge < -0.3 is 17.0 Å². The molecule has 0 fully saturated rings. The lowest BCUT2D eigenvalue weighted by Gasteiger charge is -1.98. The highest BCUT2D eigenvalue weighted by atomic mass is 79.9. The second-order valence-electron chi connectivity index (χ2n) is 3.62. The molecule has 3 aromatic heterocycles. The number of halogens is 1. The summed E-state index contributed by atoms with van der Waals surface area (Å²) >= 11 is 0. The van der Waals surface area contributed by atoms with E-state index in [4.69, 9.17) is 0 Å². The lowest BCUT2D eigenvalue weighted by Crippen LogP contribution is -3.00. The van der Waals surface area contributed by atoms with Crippen LogP contribution in [0.25, 0.3) is 16.9 Å². The van der Waals surface area contributed by atoms with Crippen molar-refractivity contribution >= 4 is 5.52 Å². The molecule has 0 radical (unpaired) electrons. The topological polar surface area (TPSA) is 17.0 Å². The Labute approximate surface area is 110 Å². The fourth-order valence-corrected chi connectivity index (χ4v) is 1.85. The van der Waals surface area contributed by atoms with Crippen LogP contribution in [0.4, 0.5) is 0 Å². The smallest absolute Gasteiger partial charge is 0.236 e. The molecule has 0 amide bonds. The fourth-order valence-electron chi connectivity index (χ4n) is 1.85. The largest absolute Gasteiger partial charge is 1.00 e. The summed E-state index contributed by atoms with van der Waals surface area (Å²) in [4.78, 5) is 4.38. The lowest BCUT2D eigenvalue weighted by molar-refractivity contribution is -0.499. The molecule has 2 nitrogen and oxygen atoms in total. The Balaban J connectivity index is 0.00000108. The number of hydrogen-bond donors (Lipinski definition) is 0. The average molecular weight is 287 g/mol. The highest BCUT2D eigenvalue weighted by Gasteiger charge is 2.11. The van der Waals surface area contributed by atoms with E-state index in [0.717, 1.165) is 11.4 Å². The predicted octanol–water partition coefficient (Wildman–Crippen LogP) is -0.509. The molecule has 3 rings (SSSR count). The molecule has 0 aromatic carbocycles. The van der Waals surface area contributed by atoms with Crippen LogP contribution >= 0.6 is 0 Å². The van der Waals surface area contributed by atoms with Crippen LogP contribution in [-0.2, 0) is 0 Å². The maximum absolute atomic E-state index is 4.38. The van der Waals surface area contributed by atoms with Gasteiger partial charge in [0.15, 0.2) is 6.20 Å². The van der Waals surface area contributed by atoms with Gasteiger partial charge in [-0.05, 0) is 24.3 Å². The molecule has 84 valence electrons. The van der Waals surface area contributed by atoms with Gasteiger partial charge in [-0.3, -0.25) is 0 Å². The molecule has 0 aliphatic carbocycles. The first-order valence-corrected chi connectivity index (χ1v) is 5.26. The summed E-state index contributed by atoms with van der Waals surface area (Å²) in [5, 5.41) is 0. The van der Waals surface area contributed by atoms with Gasteiger partial charge in [0.2, 0.25) is 11.2 Å². The van der Waals surface area contributed by atoms with Crippen LogP contribution in [0, 0.1) is 0 Å². The molecular formula is C14H11BrN2. The minimum atomic E-state index is 0.